The number of aryl methyl sites for hydroxylation is 2. The van der Waals surface area contributed by atoms with E-state index in [4.69, 9.17) is 9.47 Å². The van der Waals surface area contributed by atoms with Crippen LogP contribution in [0.5, 0.6) is 5.75 Å². The van der Waals surface area contributed by atoms with Gasteiger partial charge in [-0.2, -0.15) is 0 Å². The summed E-state index contributed by atoms with van der Waals surface area (Å²) in [6, 6.07) is 3.31. The first-order valence-corrected chi connectivity index (χ1v) is 8.50. The number of ether oxygens (including phenoxy) is 2. The Morgan fingerprint density at radius 3 is 2.73 bits per heavy atom. The number of methoxy groups -OCH3 is 1. The van der Waals surface area contributed by atoms with Gasteiger partial charge in [-0.15, -0.1) is 0 Å². The molecule has 0 saturated carbocycles. The molecule has 1 atom stereocenters. The van der Waals surface area contributed by atoms with E-state index in [1.807, 2.05) is 32.9 Å². The standard InChI is InChI=1S/C19H23N3O4/c1-11-5-6-12(2)18(13(11)3)26-9-17(23)22-8-15-14(20-10-21-15)7-16(22)19(24)25-4/h5-6,10,16H,7-9H2,1-4H3,(H,20,21). The summed E-state index contributed by atoms with van der Waals surface area (Å²) >= 11 is 0. The summed E-state index contributed by atoms with van der Waals surface area (Å²) in [6.07, 6.45) is 1.91. The summed E-state index contributed by atoms with van der Waals surface area (Å²) in [5.74, 6) is 0.00285. The average Bonchev–Trinajstić information content (AvgIpc) is 3.10. The number of nitrogens with one attached hydrogen (secondary N) is 1. The van der Waals surface area contributed by atoms with E-state index in [0.29, 0.717) is 12.2 Å². The van der Waals surface area contributed by atoms with Crippen LogP contribution in [0.15, 0.2) is 18.5 Å². The first-order chi connectivity index (χ1) is 12.4. The Morgan fingerprint density at radius 2 is 2.00 bits per heavy atom. The highest BCUT2D eigenvalue weighted by atomic mass is 16.5. The highest BCUT2D eigenvalue weighted by molar-refractivity contribution is 5.86. The zero-order chi connectivity index (χ0) is 18.8. The molecule has 0 spiro atoms. The predicted molar refractivity (Wildman–Crippen MR) is 94.8 cm³/mol. The molecule has 1 aliphatic heterocycles. The van der Waals surface area contributed by atoms with E-state index < -0.39 is 12.0 Å². The summed E-state index contributed by atoms with van der Waals surface area (Å²) < 4.78 is 10.7. The maximum Gasteiger partial charge on any atom is 0.329 e. The van der Waals surface area contributed by atoms with E-state index in [-0.39, 0.29) is 19.1 Å². The second-order valence-corrected chi connectivity index (χ2v) is 6.53. The number of rotatable bonds is 4. The molecule has 1 amide bonds. The lowest BCUT2D eigenvalue weighted by Gasteiger charge is -2.33. The Bertz CT molecular complexity index is 843. The van der Waals surface area contributed by atoms with Gasteiger partial charge in [0.25, 0.3) is 5.91 Å². The van der Waals surface area contributed by atoms with Crippen LogP contribution < -0.4 is 4.74 Å². The molecule has 1 aromatic carbocycles. The molecule has 1 aliphatic rings. The molecule has 0 bridgehead atoms. The summed E-state index contributed by atoms with van der Waals surface area (Å²) in [4.78, 5) is 33.7. The monoisotopic (exact) mass is 357 g/mol. The zero-order valence-electron chi connectivity index (χ0n) is 15.5. The van der Waals surface area contributed by atoms with Crippen molar-refractivity contribution in [1.82, 2.24) is 14.9 Å². The van der Waals surface area contributed by atoms with Gasteiger partial charge in [-0.05, 0) is 37.5 Å². The van der Waals surface area contributed by atoms with Crippen molar-refractivity contribution in [2.24, 2.45) is 0 Å². The van der Waals surface area contributed by atoms with Gasteiger partial charge < -0.3 is 19.4 Å². The molecule has 1 aromatic heterocycles. The number of amides is 1. The fourth-order valence-electron chi connectivity index (χ4n) is 3.21. The quantitative estimate of drug-likeness (QED) is 0.844. The van der Waals surface area contributed by atoms with Gasteiger partial charge in [0.1, 0.15) is 11.8 Å². The summed E-state index contributed by atoms with van der Waals surface area (Å²) in [5.41, 5.74) is 4.71. The number of aromatic amines is 1. The van der Waals surface area contributed by atoms with Gasteiger partial charge in [0.15, 0.2) is 6.61 Å². The lowest BCUT2D eigenvalue weighted by Crippen LogP contribution is -2.50. The van der Waals surface area contributed by atoms with Crippen LogP contribution in [0.1, 0.15) is 28.1 Å². The molecular weight excluding hydrogens is 334 g/mol. The molecule has 2 aromatic rings. The van der Waals surface area contributed by atoms with Crippen molar-refractivity contribution in [3.8, 4) is 5.75 Å². The maximum absolute atomic E-state index is 12.8. The van der Waals surface area contributed by atoms with Crippen molar-refractivity contribution in [2.75, 3.05) is 13.7 Å². The van der Waals surface area contributed by atoms with E-state index >= 15 is 0 Å². The van der Waals surface area contributed by atoms with Crippen LogP contribution in [0.2, 0.25) is 0 Å². The fourth-order valence-corrected chi connectivity index (χ4v) is 3.21. The van der Waals surface area contributed by atoms with Crippen LogP contribution in [-0.4, -0.2) is 46.5 Å². The molecule has 0 saturated heterocycles. The highest BCUT2D eigenvalue weighted by Crippen LogP contribution is 2.26. The average molecular weight is 357 g/mol. The van der Waals surface area contributed by atoms with E-state index in [1.54, 1.807) is 6.33 Å². The summed E-state index contributed by atoms with van der Waals surface area (Å²) in [5, 5.41) is 0. The smallest absolute Gasteiger partial charge is 0.329 e. The molecule has 138 valence electrons. The number of carbonyl (C=O) groups is 2. The van der Waals surface area contributed by atoms with Crippen LogP contribution in [0, 0.1) is 20.8 Å². The molecule has 7 nitrogen and oxygen atoms in total. The van der Waals surface area contributed by atoms with E-state index in [2.05, 4.69) is 9.97 Å². The van der Waals surface area contributed by atoms with Crippen molar-refractivity contribution in [3.63, 3.8) is 0 Å². The predicted octanol–water partition coefficient (Wildman–Crippen LogP) is 1.84. The van der Waals surface area contributed by atoms with Gasteiger partial charge in [-0.3, -0.25) is 4.79 Å². The van der Waals surface area contributed by atoms with Crippen molar-refractivity contribution in [1.29, 1.82) is 0 Å². The first kappa shape index (κ1) is 18.0. The van der Waals surface area contributed by atoms with Gasteiger partial charge in [-0.25, -0.2) is 9.78 Å². The van der Waals surface area contributed by atoms with Crippen LogP contribution in [-0.2, 0) is 27.3 Å². The van der Waals surface area contributed by atoms with Crippen molar-refractivity contribution in [3.05, 3.63) is 46.5 Å². The molecule has 1 N–H and O–H groups in total. The maximum atomic E-state index is 12.8. The lowest BCUT2D eigenvalue weighted by atomic mass is 10.0. The third kappa shape index (κ3) is 3.29. The van der Waals surface area contributed by atoms with Gasteiger partial charge in [0.05, 0.1) is 31.4 Å². The van der Waals surface area contributed by atoms with Gasteiger partial charge >= 0.3 is 5.97 Å². The number of esters is 1. The second kappa shape index (κ2) is 7.19. The first-order valence-electron chi connectivity index (χ1n) is 8.50. The summed E-state index contributed by atoms with van der Waals surface area (Å²) in [7, 11) is 1.32. The normalized spacial score (nSPS) is 16.2. The number of hydrogen-bond acceptors (Lipinski definition) is 5. The number of benzene rings is 1. The van der Waals surface area contributed by atoms with E-state index in [1.165, 1.54) is 12.0 Å². The molecule has 7 heteroatoms. The number of carbonyl (C=O) groups excluding carboxylic acids is 2. The molecule has 2 heterocycles. The molecule has 26 heavy (non-hydrogen) atoms. The number of aromatic nitrogens is 2. The van der Waals surface area contributed by atoms with Gasteiger partial charge in [0, 0.05) is 6.42 Å². The molecule has 3 rings (SSSR count). The zero-order valence-corrected chi connectivity index (χ0v) is 15.5. The Morgan fingerprint density at radius 1 is 1.27 bits per heavy atom. The Labute approximate surface area is 152 Å². The van der Waals surface area contributed by atoms with Crippen LogP contribution in [0.3, 0.4) is 0 Å². The molecule has 0 fully saturated rings. The molecule has 0 radical (unpaired) electrons. The second-order valence-electron chi connectivity index (χ2n) is 6.53. The fraction of sp³-hybridized carbons (Fsp3) is 0.421. The minimum atomic E-state index is -0.688. The van der Waals surface area contributed by atoms with Crippen LogP contribution in [0.4, 0.5) is 0 Å². The molecule has 1 unspecified atom stereocenters. The largest absolute Gasteiger partial charge is 0.483 e. The third-order valence-corrected chi connectivity index (χ3v) is 4.91. The van der Waals surface area contributed by atoms with Crippen molar-refractivity contribution >= 4 is 11.9 Å². The number of H-pyrrole nitrogens is 1. The number of nitrogens with zero attached hydrogens (tertiary/aromatic N) is 2. The topological polar surface area (TPSA) is 84.5 Å². The Hall–Kier alpha value is -2.83. The van der Waals surface area contributed by atoms with Gasteiger partial charge in [0.2, 0.25) is 0 Å². The van der Waals surface area contributed by atoms with Crippen LogP contribution >= 0.6 is 0 Å². The number of hydrogen-bond donors (Lipinski definition) is 1. The Kier molecular flexibility index (Phi) is 4.97. The van der Waals surface area contributed by atoms with E-state index in [0.717, 1.165) is 28.1 Å². The lowest BCUT2D eigenvalue weighted by molar-refractivity contribution is -0.154. The minimum Gasteiger partial charge on any atom is -0.483 e. The van der Waals surface area contributed by atoms with Crippen LogP contribution in [0.25, 0.3) is 0 Å². The van der Waals surface area contributed by atoms with Crippen molar-refractivity contribution < 1.29 is 19.1 Å². The summed E-state index contributed by atoms with van der Waals surface area (Å²) in [6.45, 7) is 6.06. The SMILES string of the molecule is COC(=O)C1Cc2nc[nH]c2CN1C(=O)COc1c(C)ccc(C)c1C. The van der Waals surface area contributed by atoms with Gasteiger partial charge in [-0.1, -0.05) is 12.1 Å². The van der Waals surface area contributed by atoms with Crippen molar-refractivity contribution in [2.45, 2.75) is 39.8 Å². The number of imidazole rings is 1. The molecule has 0 aliphatic carbocycles. The third-order valence-electron chi connectivity index (χ3n) is 4.91. The highest BCUT2D eigenvalue weighted by Gasteiger charge is 2.36. The molecular formula is C19H23N3O4. The minimum absolute atomic E-state index is 0.137. The Balaban J connectivity index is 1.78. The number of fused-ring (bicyclic) bond motifs is 1. The van der Waals surface area contributed by atoms with E-state index in [9.17, 15) is 9.59 Å².